The van der Waals surface area contributed by atoms with Crippen molar-refractivity contribution in [2.45, 2.75) is 25.4 Å². The third-order valence-corrected chi connectivity index (χ3v) is 2.74. The molecule has 1 aromatic rings. The summed E-state index contributed by atoms with van der Waals surface area (Å²) in [6, 6.07) is 2.64. The molecule has 0 spiro atoms. The predicted octanol–water partition coefficient (Wildman–Crippen LogP) is 1.02. The largest absolute Gasteiger partial charge is 0.474 e. The fraction of sp³-hybridized carbons (Fsp3) is 0.400. The number of nitrogens with two attached hydrogens (primary N) is 1. The van der Waals surface area contributed by atoms with E-state index in [4.69, 9.17) is 15.7 Å². The van der Waals surface area contributed by atoms with Gasteiger partial charge in [-0.15, -0.1) is 0 Å². The number of ether oxygens (including phenoxy) is 1. The van der Waals surface area contributed by atoms with Crippen LogP contribution < -0.4 is 10.5 Å². The summed E-state index contributed by atoms with van der Waals surface area (Å²) < 4.78 is 5.49. The van der Waals surface area contributed by atoms with Crippen molar-refractivity contribution in [2.75, 3.05) is 0 Å². The Balaban J connectivity index is 2.31. The van der Waals surface area contributed by atoms with E-state index < -0.39 is 10.8 Å². The number of amidine groups is 1. The molecule has 3 N–H and O–H groups in total. The predicted molar refractivity (Wildman–Crippen MR) is 61.7 cm³/mol. The Hall–Kier alpha value is -2.38. The van der Waals surface area contributed by atoms with Gasteiger partial charge in [0.25, 0.3) is 5.69 Å². The summed E-state index contributed by atoms with van der Waals surface area (Å²) in [5.74, 6) is -0.173. The summed E-state index contributed by atoms with van der Waals surface area (Å²) in [5, 5.41) is 22.1. The molecule has 1 aromatic heterocycles. The molecule has 1 fully saturated rings. The minimum atomic E-state index is -0.645. The second-order valence-corrected chi connectivity index (χ2v) is 3.93. The number of nitro groups is 1. The number of aromatic nitrogens is 1. The van der Waals surface area contributed by atoms with Crippen LogP contribution in [0.4, 0.5) is 5.69 Å². The van der Waals surface area contributed by atoms with Crippen molar-refractivity contribution in [2.24, 2.45) is 10.9 Å². The molecule has 8 nitrogen and oxygen atoms in total. The molecule has 1 aliphatic carbocycles. The van der Waals surface area contributed by atoms with Crippen molar-refractivity contribution in [3.8, 4) is 5.88 Å². The van der Waals surface area contributed by atoms with Crippen molar-refractivity contribution in [3.63, 3.8) is 0 Å². The molecular weight excluding hydrogens is 240 g/mol. The van der Waals surface area contributed by atoms with E-state index in [1.807, 2.05) is 0 Å². The lowest BCUT2D eigenvalue weighted by Crippen LogP contribution is -2.25. The molecule has 18 heavy (non-hydrogen) atoms. The van der Waals surface area contributed by atoms with Gasteiger partial charge in [0.1, 0.15) is 6.10 Å². The summed E-state index contributed by atoms with van der Waals surface area (Å²) in [6.07, 6.45) is 3.08. The minimum Gasteiger partial charge on any atom is -0.474 e. The first-order valence-electron chi connectivity index (χ1n) is 5.42. The molecule has 0 aliphatic heterocycles. The molecule has 1 saturated carbocycles. The zero-order valence-corrected chi connectivity index (χ0v) is 9.44. The van der Waals surface area contributed by atoms with E-state index >= 15 is 0 Å². The average molecular weight is 252 g/mol. The molecule has 0 unspecified atom stereocenters. The monoisotopic (exact) mass is 252 g/mol. The van der Waals surface area contributed by atoms with Crippen molar-refractivity contribution in [3.05, 3.63) is 27.9 Å². The van der Waals surface area contributed by atoms with Crippen LogP contribution in [0.5, 0.6) is 5.88 Å². The van der Waals surface area contributed by atoms with E-state index in [0.29, 0.717) is 0 Å². The van der Waals surface area contributed by atoms with Crippen LogP contribution in [0.1, 0.15) is 25.0 Å². The second kappa shape index (κ2) is 4.86. The van der Waals surface area contributed by atoms with Crippen molar-refractivity contribution in [1.29, 1.82) is 0 Å². The third-order valence-electron chi connectivity index (χ3n) is 2.74. The maximum Gasteiger partial charge on any atom is 0.299 e. The SMILES string of the molecule is N/C(=N/O)c1nc(OC2CCC2)ccc1[N+](=O)[O-]. The lowest BCUT2D eigenvalue weighted by atomic mass is 9.96. The molecule has 2 rings (SSSR count). The van der Waals surface area contributed by atoms with E-state index in [2.05, 4.69) is 10.1 Å². The molecular formula is C10H12N4O4. The van der Waals surface area contributed by atoms with E-state index in [1.54, 1.807) is 0 Å². The summed E-state index contributed by atoms with van der Waals surface area (Å²) in [7, 11) is 0. The number of rotatable bonds is 4. The highest BCUT2D eigenvalue weighted by Gasteiger charge is 2.23. The highest BCUT2D eigenvalue weighted by molar-refractivity contribution is 5.98. The van der Waals surface area contributed by atoms with Crippen LogP contribution in [0.25, 0.3) is 0 Å². The van der Waals surface area contributed by atoms with Crippen LogP contribution in [-0.2, 0) is 0 Å². The molecule has 0 atom stereocenters. The van der Waals surface area contributed by atoms with E-state index in [9.17, 15) is 10.1 Å². The maximum absolute atomic E-state index is 10.8. The number of hydrogen-bond donors (Lipinski definition) is 2. The average Bonchev–Trinajstić information content (AvgIpc) is 2.32. The Morgan fingerprint density at radius 3 is 2.83 bits per heavy atom. The highest BCUT2D eigenvalue weighted by atomic mass is 16.6. The molecule has 0 amide bonds. The van der Waals surface area contributed by atoms with E-state index in [-0.39, 0.29) is 23.4 Å². The van der Waals surface area contributed by atoms with Gasteiger partial charge < -0.3 is 15.7 Å². The van der Waals surface area contributed by atoms with E-state index in [1.165, 1.54) is 12.1 Å². The third kappa shape index (κ3) is 2.31. The Morgan fingerprint density at radius 2 is 2.33 bits per heavy atom. The molecule has 8 heteroatoms. The smallest absolute Gasteiger partial charge is 0.299 e. The van der Waals surface area contributed by atoms with Gasteiger partial charge >= 0.3 is 0 Å². The first-order chi connectivity index (χ1) is 8.61. The number of hydrogen-bond acceptors (Lipinski definition) is 6. The zero-order valence-electron chi connectivity index (χ0n) is 9.44. The van der Waals surface area contributed by atoms with Crippen LogP contribution in [0.3, 0.4) is 0 Å². The van der Waals surface area contributed by atoms with Crippen LogP contribution in [0.2, 0.25) is 0 Å². The van der Waals surface area contributed by atoms with Crippen LogP contribution in [-0.4, -0.2) is 27.1 Å². The molecule has 0 radical (unpaired) electrons. The second-order valence-electron chi connectivity index (χ2n) is 3.93. The van der Waals surface area contributed by atoms with Gasteiger partial charge in [0.05, 0.1) is 4.92 Å². The summed E-state index contributed by atoms with van der Waals surface area (Å²) >= 11 is 0. The van der Waals surface area contributed by atoms with Crippen molar-refractivity contribution in [1.82, 2.24) is 4.98 Å². The fourth-order valence-corrected chi connectivity index (χ4v) is 1.54. The Labute approximate surface area is 102 Å². The van der Waals surface area contributed by atoms with Crippen LogP contribution >= 0.6 is 0 Å². The normalized spacial score (nSPS) is 16.1. The van der Waals surface area contributed by atoms with Gasteiger partial charge in [0.2, 0.25) is 5.88 Å². The maximum atomic E-state index is 10.8. The summed E-state index contributed by atoms with van der Waals surface area (Å²) in [4.78, 5) is 14.0. The summed E-state index contributed by atoms with van der Waals surface area (Å²) in [6.45, 7) is 0. The molecule has 1 heterocycles. The van der Waals surface area contributed by atoms with E-state index in [0.717, 1.165) is 19.3 Å². The quantitative estimate of drug-likeness (QED) is 0.271. The van der Waals surface area contributed by atoms with Gasteiger partial charge in [-0.2, -0.15) is 0 Å². The lowest BCUT2D eigenvalue weighted by molar-refractivity contribution is -0.385. The number of pyridine rings is 1. The highest BCUT2D eigenvalue weighted by Crippen LogP contribution is 2.26. The van der Waals surface area contributed by atoms with Crippen molar-refractivity contribution < 1.29 is 14.9 Å². The lowest BCUT2D eigenvalue weighted by Gasteiger charge is -2.25. The van der Waals surface area contributed by atoms with Crippen LogP contribution in [0.15, 0.2) is 17.3 Å². The zero-order chi connectivity index (χ0) is 13.1. The molecule has 1 aliphatic rings. The first-order valence-corrected chi connectivity index (χ1v) is 5.42. The van der Waals surface area contributed by atoms with Gasteiger partial charge in [-0.3, -0.25) is 10.1 Å². The van der Waals surface area contributed by atoms with Crippen LogP contribution in [0, 0.1) is 10.1 Å². The molecule has 0 saturated heterocycles. The van der Waals surface area contributed by atoms with Gasteiger partial charge in [-0.05, 0) is 19.3 Å². The molecule has 0 aromatic carbocycles. The Bertz CT molecular complexity index is 499. The minimum absolute atomic E-state index is 0.0964. The van der Waals surface area contributed by atoms with Gasteiger partial charge in [-0.25, -0.2) is 4.98 Å². The number of nitrogens with zero attached hydrogens (tertiary/aromatic N) is 3. The van der Waals surface area contributed by atoms with Gasteiger partial charge in [0, 0.05) is 12.1 Å². The Kier molecular flexibility index (Phi) is 3.26. The molecule has 96 valence electrons. The number of oxime groups is 1. The first kappa shape index (κ1) is 12.1. The Morgan fingerprint density at radius 1 is 1.61 bits per heavy atom. The standard InChI is InChI=1S/C10H12N4O4/c11-10(13-15)9-7(14(16)17)4-5-8(12-9)18-6-2-1-3-6/h4-6,15H,1-3H2,(H2,11,13). The van der Waals surface area contributed by atoms with Gasteiger partial charge in [0.15, 0.2) is 11.5 Å². The van der Waals surface area contributed by atoms with Gasteiger partial charge in [-0.1, -0.05) is 5.16 Å². The topological polar surface area (TPSA) is 124 Å². The van der Waals surface area contributed by atoms with Crippen molar-refractivity contribution >= 4 is 11.5 Å². The molecule has 0 bridgehead atoms. The summed E-state index contributed by atoms with van der Waals surface area (Å²) in [5.41, 5.74) is 4.83. The fourth-order valence-electron chi connectivity index (χ4n) is 1.54.